The minimum absolute atomic E-state index is 0.255. The van der Waals surface area contributed by atoms with Gasteiger partial charge in [0.05, 0.1) is 12.0 Å². The van der Waals surface area contributed by atoms with Gasteiger partial charge in [-0.2, -0.15) is 26.3 Å². The number of hydrogen-bond donors (Lipinski definition) is 1. The maximum absolute atomic E-state index is 13.1. The van der Waals surface area contributed by atoms with Gasteiger partial charge in [0, 0.05) is 11.8 Å². The van der Waals surface area contributed by atoms with Gasteiger partial charge < -0.3 is 4.74 Å². The smallest absolute Gasteiger partial charge is 0.425 e. The Labute approximate surface area is 134 Å². The molecule has 0 saturated heterocycles. The third-order valence-electron chi connectivity index (χ3n) is 4.09. The molecule has 2 aliphatic rings. The zero-order valence-electron chi connectivity index (χ0n) is 11.5. The molecule has 13 heteroatoms. The second-order valence-corrected chi connectivity index (χ2v) is 6.32. The Morgan fingerprint density at radius 1 is 1.12 bits per heavy atom. The monoisotopic (exact) mass is 384 g/mol. The molecule has 2 saturated carbocycles. The topological polar surface area (TPSA) is 82.1 Å². The summed E-state index contributed by atoms with van der Waals surface area (Å²) in [5.41, 5.74) is 0. The Bertz CT molecular complexity index is 506. The van der Waals surface area contributed by atoms with Gasteiger partial charge in [-0.1, -0.05) is 5.04 Å². The molecule has 2 fully saturated rings. The number of fused-ring (bicyclic) bond motifs is 2. The number of Topliss-reactive ketones (excluding diaryl/α,β-unsaturated/α-hetero) is 1. The van der Waals surface area contributed by atoms with Crippen LogP contribution in [0, 0.1) is 11.8 Å². The number of esters is 1. The summed E-state index contributed by atoms with van der Waals surface area (Å²) in [5.74, 6) is -4.58. The third kappa shape index (κ3) is 2.97. The molecule has 0 aliphatic heterocycles. The third-order valence-corrected chi connectivity index (χ3v) is 5.10. The van der Waals surface area contributed by atoms with E-state index in [1.807, 2.05) is 0 Å². The van der Waals surface area contributed by atoms with Crippen molar-refractivity contribution in [3.63, 3.8) is 0 Å². The molecular weight excluding hydrogens is 374 g/mol. The summed E-state index contributed by atoms with van der Waals surface area (Å²) in [4.78, 5) is 23.6. The predicted molar refractivity (Wildman–Crippen MR) is 62.9 cm³/mol. The fourth-order valence-corrected chi connectivity index (χ4v) is 3.39. The molecule has 138 valence electrons. The molecule has 1 N–H and O–H groups in total. The first-order chi connectivity index (χ1) is 11.0. The number of ketones is 1. The molecule has 2 bridgehead atoms. The van der Waals surface area contributed by atoms with E-state index in [2.05, 4.69) is 14.1 Å². The van der Waals surface area contributed by atoms with Crippen molar-refractivity contribution < 1.29 is 55.3 Å². The van der Waals surface area contributed by atoms with Crippen LogP contribution in [0.15, 0.2) is 0 Å². The van der Waals surface area contributed by atoms with Gasteiger partial charge in [0.2, 0.25) is 0 Å². The first-order valence-electron chi connectivity index (χ1n) is 6.50. The van der Waals surface area contributed by atoms with Crippen LogP contribution >= 0.6 is 12.0 Å². The van der Waals surface area contributed by atoms with E-state index in [-0.39, 0.29) is 6.42 Å². The van der Waals surface area contributed by atoms with Gasteiger partial charge in [0.1, 0.15) is 0 Å². The molecule has 24 heavy (non-hydrogen) atoms. The van der Waals surface area contributed by atoms with Crippen LogP contribution in [-0.2, 0) is 23.7 Å². The number of carbonyl (C=O) groups excluding carboxylic acids is 2. The van der Waals surface area contributed by atoms with Crippen LogP contribution in [0.3, 0.4) is 0 Å². The average Bonchev–Trinajstić information content (AvgIpc) is 3.00. The van der Waals surface area contributed by atoms with Crippen molar-refractivity contribution >= 4 is 23.8 Å². The lowest BCUT2D eigenvalue weighted by atomic mass is 9.96. The number of alkyl halides is 6. The standard InChI is InChI=1S/C11H10F6O6S/c12-10(13,14)9(11(15,16)17,24-23-22-20)8(19)21-7-5-2-1-4(3-5)6(7)18/h4-5,7,20H,1-3H2. The van der Waals surface area contributed by atoms with Crippen molar-refractivity contribution in [2.75, 3.05) is 0 Å². The maximum atomic E-state index is 13.1. The highest BCUT2D eigenvalue weighted by Crippen LogP contribution is 2.54. The number of carbonyl (C=O) groups is 2. The van der Waals surface area contributed by atoms with Crippen molar-refractivity contribution in [1.29, 1.82) is 0 Å². The Kier molecular flexibility index (Phi) is 5.10. The molecule has 0 spiro atoms. The number of halogens is 6. The van der Waals surface area contributed by atoms with Gasteiger partial charge >= 0.3 is 23.1 Å². The van der Waals surface area contributed by atoms with Crippen molar-refractivity contribution in [2.24, 2.45) is 11.8 Å². The first kappa shape index (κ1) is 19.3. The van der Waals surface area contributed by atoms with E-state index in [9.17, 15) is 35.9 Å². The summed E-state index contributed by atoms with van der Waals surface area (Å²) < 4.78 is 80.8. The molecule has 3 atom stereocenters. The SMILES string of the molecule is O=C1C2CCC(C2)C1OC(=O)C(SOOO)(C(F)(F)F)C(F)(F)F. The highest BCUT2D eigenvalue weighted by molar-refractivity contribution is 7.96. The van der Waals surface area contributed by atoms with Crippen molar-refractivity contribution in [2.45, 2.75) is 42.5 Å². The number of ether oxygens (including phenoxy) is 1. The van der Waals surface area contributed by atoms with Crippen LogP contribution in [0.1, 0.15) is 19.3 Å². The lowest BCUT2D eigenvalue weighted by molar-refractivity contribution is -0.434. The molecular formula is C11H10F6O6S. The molecule has 2 rings (SSSR count). The van der Waals surface area contributed by atoms with Crippen LogP contribution in [0.25, 0.3) is 0 Å². The highest BCUT2D eigenvalue weighted by atomic mass is 32.2. The summed E-state index contributed by atoms with van der Waals surface area (Å²) in [6.45, 7) is 0. The molecule has 0 radical (unpaired) electrons. The fraction of sp³-hybridized carbons (Fsp3) is 0.818. The highest BCUT2D eigenvalue weighted by Gasteiger charge is 2.79. The second kappa shape index (κ2) is 6.35. The average molecular weight is 384 g/mol. The second-order valence-electron chi connectivity index (χ2n) is 5.40. The summed E-state index contributed by atoms with van der Waals surface area (Å²) in [6, 6.07) is 0. The molecule has 3 unspecified atom stereocenters. The van der Waals surface area contributed by atoms with Crippen LogP contribution < -0.4 is 0 Å². The van der Waals surface area contributed by atoms with Gasteiger partial charge in [0.25, 0.3) is 0 Å². The summed E-state index contributed by atoms with van der Waals surface area (Å²) in [5, 5.41) is 10.6. The van der Waals surface area contributed by atoms with Gasteiger partial charge in [-0.25, -0.2) is 10.1 Å². The van der Waals surface area contributed by atoms with E-state index in [0.717, 1.165) is 0 Å². The Morgan fingerprint density at radius 3 is 2.12 bits per heavy atom. The largest absolute Gasteiger partial charge is 0.452 e. The fourth-order valence-electron chi connectivity index (χ4n) is 2.95. The van der Waals surface area contributed by atoms with E-state index in [1.165, 1.54) is 0 Å². The van der Waals surface area contributed by atoms with Gasteiger partial charge in [-0.15, -0.1) is 4.33 Å². The molecule has 6 nitrogen and oxygen atoms in total. The minimum Gasteiger partial charge on any atom is -0.452 e. The van der Waals surface area contributed by atoms with Crippen molar-refractivity contribution in [3.05, 3.63) is 0 Å². The molecule has 0 amide bonds. The van der Waals surface area contributed by atoms with Crippen LogP contribution in [0.5, 0.6) is 0 Å². The molecule has 0 aromatic heterocycles. The molecule has 0 aromatic rings. The van der Waals surface area contributed by atoms with E-state index in [4.69, 9.17) is 5.26 Å². The van der Waals surface area contributed by atoms with Crippen LogP contribution in [0.4, 0.5) is 26.3 Å². The summed E-state index contributed by atoms with van der Waals surface area (Å²) in [7, 11) is 0. The quantitative estimate of drug-likeness (QED) is 0.257. The van der Waals surface area contributed by atoms with E-state index >= 15 is 0 Å². The molecule has 0 heterocycles. The maximum Gasteiger partial charge on any atom is 0.425 e. The Hall–Kier alpha value is -1.05. The predicted octanol–water partition coefficient (Wildman–Crippen LogP) is 2.83. The van der Waals surface area contributed by atoms with Crippen molar-refractivity contribution in [3.8, 4) is 0 Å². The lowest BCUT2D eigenvalue weighted by Crippen LogP contribution is -2.61. The lowest BCUT2D eigenvalue weighted by Gasteiger charge is -2.34. The van der Waals surface area contributed by atoms with E-state index < -0.39 is 58.8 Å². The Morgan fingerprint density at radius 2 is 1.71 bits per heavy atom. The van der Waals surface area contributed by atoms with Crippen LogP contribution in [-0.4, -0.2) is 40.2 Å². The van der Waals surface area contributed by atoms with Gasteiger partial charge in [-0.3, -0.25) is 4.79 Å². The molecule has 0 aromatic carbocycles. The van der Waals surface area contributed by atoms with Gasteiger partial charge in [-0.05, 0) is 19.3 Å². The summed E-state index contributed by atoms with van der Waals surface area (Å²) in [6.07, 6.45) is -13.0. The Balaban J connectivity index is 2.32. The number of hydrogen-bond acceptors (Lipinski definition) is 7. The minimum atomic E-state index is -6.20. The molecule has 2 aliphatic carbocycles. The number of rotatable bonds is 5. The normalized spacial score (nSPS) is 27.6. The zero-order valence-corrected chi connectivity index (χ0v) is 12.3. The van der Waals surface area contributed by atoms with Crippen molar-refractivity contribution in [1.82, 2.24) is 0 Å². The summed E-state index contributed by atoms with van der Waals surface area (Å²) >= 11 is -1.51. The van der Waals surface area contributed by atoms with E-state index in [1.54, 1.807) is 0 Å². The first-order valence-corrected chi connectivity index (χ1v) is 7.24. The van der Waals surface area contributed by atoms with Crippen LogP contribution in [0.2, 0.25) is 0 Å². The van der Waals surface area contributed by atoms with E-state index in [0.29, 0.717) is 12.8 Å². The zero-order chi connectivity index (χ0) is 18.3. The van der Waals surface area contributed by atoms with Gasteiger partial charge in [0.15, 0.2) is 11.9 Å².